The molecule has 0 N–H and O–H groups in total. The molecule has 2 nitrogen and oxygen atoms in total. The fourth-order valence-corrected chi connectivity index (χ4v) is 4.73. The number of hydrazone groups is 1. The van der Waals surface area contributed by atoms with Crippen LogP contribution in [-0.2, 0) is 0 Å². The summed E-state index contributed by atoms with van der Waals surface area (Å²) in [5.41, 5.74) is 12.8. The Labute approximate surface area is 232 Å². The Kier molecular flexibility index (Phi) is 7.84. The molecule has 5 aromatic carbocycles. The van der Waals surface area contributed by atoms with Gasteiger partial charge in [-0.15, -0.1) is 0 Å². The smallest absolute Gasteiger partial charge is 0.0655 e. The van der Waals surface area contributed by atoms with Gasteiger partial charge in [-0.1, -0.05) is 108 Å². The highest BCUT2D eigenvalue weighted by molar-refractivity contribution is 5.92. The van der Waals surface area contributed by atoms with Gasteiger partial charge in [0.1, 0.15) is 0 Å². The lowest BCUT2D eigenvalue weighted by Crippen LogP contribution is -2.09. The first-order valence-corrected chi connectivity index (χ1v) is 13.4. The van der Waals surface area contributed by atoms with Crippen LogP contribution in [0.4, 0.5) is 11.4 Å². The Bertz CT molecular complexity index is 1550. The van der Waals surface area contributed by atoms with Crippen molar-refractivity contribution in [3.05, 3.63) is 166 Å². The number of nitrogens with zero attached hydrogens (tertiary/aromatic N) is 2. The number of hydrogen-bond acceptors (Lipinski definition) is 2. The minimum Gasteiger partial charge on any atom is -0.234 e. The Morgan fingerprint density at radius 1 is 0.513 bits per heavy atom. The van der Waals surface area contributed by atoms with Crippen molar-refractivity contribution in [2.75, 3.05) is 5.01 Å². The van der Waals surface area contributed by atoms with Gasteiger partial charge >= 0.3 is 0 Å². The van der Waals surface area contributed by atoms with Crippen LogP contribution in [0.3, 0.4) is 0 Å². The summed E-state index contributed by atoms with van der Waals surface area (Å²) in [5, 5.41) is 6.92. The van der Waals surface area contributed by atoms with Crippen LogP contribution in [-0.4, -0.2) is 6.21 Å². The maximum Gasteiger partial charge on any atom is 0.0655 e. The van der Waals surface area contributed by atoms with Crippen molar-refractivity contribution in [2.45, 2.75) is 27.7 Å². The highest BCUT2D eigenvalue weighted by Gasteiger charge is 2.09. The molecule has 0 amide bonds. The molecule has 0 bridgehead atoms. The summed E-state index contributed by atoms with van der Waals surface area (Å²) in [6.45, 7) is 8.50. The second-order valence-corrected chi connectivity index (χ2v) is 10.2. The van der Waals surface area contributed by atoms with Gasteiger partial charge in [-0.25, -0.2) is 5.01 Å². The third kappa shape index (κ3) is 6.61. The van der Waals surface area contributed by atoms with E-state index in [1.54, 1.807) is 0 Å². The zero-order valence-electron chi connectivity index (χ0n) is 23.1. The van der Waals surface area contributed by atoms with Crippen molar-refractivity contribution in [2.24, 2.45) is 5.10 Å². The van der Waals surface area contributed by atoms with Gasteiger partial charge in [0.15, 0.2) is 0 Å². The summed E-state index contributed by atoms with van der Waals surface area (Å²) in [4.78, 5) is 0. The molecule has 0 saturated heterocycles. The molecule has 0 spiro atoms. The average Bonchev–Trinajstić information content (AvgIpc) is 2.93. The summed E-state index contributed by atoms with van der Waals surface area (Å²) in [7, 11) is 0. The van der Waals surface area contributed by atoms with Gasteiger partial charge in [0.05, 0.1) is 17.6 Å². The normalized spacial score (nSPS) is 11.0. The molecular formula is C37H34N2. The third-order valence-corrected chi connectivity index (χ3v) is 6.72. The Morgan fingerprint density at radius 2 is 0.949 bits per heavy atom. The summed E-state index contributed by atoms with van der Waals surface area (Å²) >= 11 is 0. The molecule has 0 radical (unpaired) electrons. The molecule has 0 atom stereocenters. The van der Waals surface area contributed by atoms with E-state index in [4.69, 9.17) is 5.10 Å². The molecule has 192 valence electrons. The lowest BCUT2D eigenvalue weighted by Gasteiger charge is -2.20. The van der Waals surface area contributed by atoms with E-state index in [1.165, 1.54) is 39.0 Å². The molecule has 0 aliphatic carbocycles. The number of anilines is 2. The number of benzene rings is 5. The van der Waals surface area contributed by atoms with Crippen LogP contribution in [0.15, 0.2) is 126 Å². The van der Waals surface area contributed by atoms with Crippen molar-refractivity contribution >= 4 is 29.2 Å². The second kappa shape index (κ2) is 11.8. The predicted octanol–water partition coefficient (Wildman–Crippen LogP) is 9.68. The predicted molar refractivity (Wildman–Crippen MR) is 168 cm³/mol. The maximum atomic E-state index is 4.91. The third-order valence-electron chi connectivity index (χ3n) is 6.72. The number of rotatable bonds is 7. The second-order valence-electron chi connectivity index (χ2n) is 10.2. The summed E-state index contributed by atoms with van der Waals surface area (Å²) in [5.74, 6) is 0. The van der Waals surface area contributed by atoms with Gasteiger partial charge in [0.2, 0.25) is 0 Å². The Balaban J connectivity index is 1.47. The van der Waals surface area contributed by atoms with Gasteiger partial charge in [-0.05, 0) is 97.0 Å². The monoisotopic (exact) mass is 506 g/mol. The standard InChI is InChI=1S/C37H34N2/c1-27-9-5-13-33(21-27)37(34-14-6-10-28(2)22-34)25-31-17-19-32(20-18-31)26-38-39(35-15-7-11-29(3)23-35)36-16-8-12-30(4)24-36/h5-26H,1-4H3. The molecule has 2 heteroatoms. The summed E-state index contributed by atoms with van der Waals surface area (Å²) < 4.78 is 0. The Morgan fingerprint density at radius 3 is 1.41 bits per heavy atom. The van der Waals surface area contributed by atoms with Crippen LogP contribution in [0.5, 0.6) is 0 Å². The average molecular weight is 507 g/mol. The molecule has 5 aromatic rings. The first-order chi connectivity index (χ1) is 18.9. The van der Waals surface area contributed by atoms with Gasteiger partial charge < -0.3 is 0 Å². The maximum absolute atomic E-state index is 4.91. The minimum absolute atomic E-state index is 1.04. The highest BCUT2D eigenvalue weighted by atomic mass is 15.5. The number of aryl methyl sites for hydroxylation is 4. The van der Waals surface area contributed by atoms with Crippen LogP contribution in [0, 0.1) is 27.7 Å². The molecule has 5 rings (SSSR count). The van der Waals surface area contributed by atoms with Crippen LogP contribution < -0.4 is 5.01 Å². The highest BCUT2D eigenvalue weighted by Crippen LogP contribution is 2.29. The molecule has 0 aromatic heterocycles. The number of hydrogen-bond donors (Lipinski definition) is 0. The van der Waals surface area contributed by atoms with Crippen molar-refractivity contribution in [1.29, 1.82) is 0 Å². The van der Waals surface area contributed by atoms with Gasteiger partial charge in [-0.3, -0.25) is 0 Å². The molecule has 0 unspecified atom stereocenters. The van der Waals surface area contributed by atoms with E-state index >= 15 is 0 Å². The fraction of sp³-hybridized carbons (Fsp3) is 0.108. The largest absolute Gasteiger partial charge is 0.234 e. The van der Waals surface area contributed by atoms with E-state index in [0.717, 1.165) is 22.5 Å². The van der Waals surface area contributed by atoms with E-state index in [-0.39, 0.29) is 0 Å². The minimum atomic E-state index is 1.04. The molecule has 0 fully saturated rings. The topological polar surface area (TPSA) is 15.6 Å². The molecule has 0 aliphatic rings. The summed E-state index contributed by atoms with van der Waals surface area (Å²) in [6.07, 6.45) is 4.20. The molecule has 0 aliphatic heterocycles. The lowest BCUT2D eigenvalue weighted by molar-refractivity contribution is 1.09. The summed E-state index contributed by atoms with van der Waals surface area (Å²) in [6, 6.07) is 42.9. The molecule has 0 heterocycles. The van der Waals surface area contributed by atoms with E-state index in [9.17, 15) is 0 Å². The zero-order chi connectivity index (χ0) is 27.2. The SMILES string of the molecule is Cc1cccc(C(=Cc2ccc(C=NN(c3cccc(C)c3)c3cccc(C)c3)cc2)c2cccc(C)c2)c1. The molecule has 0 saturated carbocycles. The van der Waals surface area contributed by atoms with E-state index < -0.39 is 0 Å². The van der Waals surface area contributed by atoms with Crippen molar-refractivity contribution < 1.29 is 0 Å². The fourth-order valence-electron chi connectivity index (χ4n) is 4.73. The van der Waals surface area contributed by atoms with Gasteiger partial charge in [0, 0.05) is 0 Å². The van der Waals surface area contributed by atoms with Crippen molar-refractivity contribution in [1.82, 2.24) is 0 Å². The van der Waals surface area contributed by atoms with Gasteiger partial charge in [-0.2, -0.15) is 5.10 Å². The first-order valence-electron chi connectivity index (χ1n) is 13.4. The van der Waals surface area contributed by atoms with Crippen LogP contribution in [0.25, 0.3) is 11.6 Å². The Hall–Kier alpha value is -4.69. The van der Waals surface area contributed by atoms with E-state index in [1.807, 2.05) is 11.2 Å². The van der Waals surface area contributed by atoms with Crippen molar-refractivity contribution in [3.8, 4) is 0 Å². The lowest BCUT2D eigenvalue weighted by atomic mass is 9.93. The van der Waals surface area contributed by atoms with E-state index in [0.29, 0.717) is 0 Å². The molecule has 39 heavy (non-hydrogen) atoms. The van der Waals surface area contributed by atoms with Crippen LogP contribution in [0.2, 0.25) is 0 Å². The first kappa shape index (κ1) is 25.9. The quantitative estimate of drug-likeness (QED) is 0.122. The van der Waals surface area contributed by atoms with Crippen molar-refractivity contribution in [3.63, 3.8) is 0 Å². The van der Waals surface area contributed by atoms with Gasteiger partial charge in [0.25, 0.3) is 0 Å². The molecular weight excluding hydrogens is 472 g/mol. The van der Waals surface area contributed by atoms with E-state index in [2.05, 4.69) is 155 Å². The zero-order valence-corrected chi connectivity index (χ0v) is 23.1. The van der Waals surface area contributed by atoms with Crippen LogP contribution >= 0.6 is 0 Å². The van der Waals surface area contributed by atoms with Crippen LogP contribution in [0.1, 0.15) is 44.5 Å².